The molecule has 186 valence electrons. The lowest BCUT2D eigenvalue weighted by atomic mass is 10.1. The lowest BCUT2D eigenvalue weighted by Crippen LogP contribution is -2.19. The molecule has 0 fully saturated rings. The number of anilines is 3. The number of rotatable bonds is 6. The summed E-state index contributed by atoms with van der Waals surface area (Å²) < 4.78 is 28.8. The maximum atomic E-state index is 13.3. The quantitative estimate of drug-likeness (QED) is 0.195. The van der Waals surface area contributed by atoms with Crippen LogP contribution in [0.2, 0.25) is 5.02 Å². The summed E-state index contributed by atoms with van der Waals surface area (Å²) in [7, 11) is 0. The van der Waals surface area contributed by atoms with Crippen LogP contribution in [0.3, 0.4) is 0 Å². The minimum Gasteiger partial charge on any atom is -0.366 e. The van der Waals surface area contributed by atoms with Crippen molar-refractivity contribution in [2.45, 2.75) is 6.54 Å². The monoisotopic (exact) mass is 582 g/mol. The smallest absolute Gasteiger partial charge is 0.323 e. The molecule has 3 N–H and O–H groups in total. The van der Waals surface area contributed by atoms with Gasteiger partial charge >= 0.3 is 6.03 Å². The summed E-state index contributed by atoms with van der Waals surface area (Å²) in [6.07, 6.45) is 1.68. The Balaban J connectivity index is 1.28. The molecule has 0 spiro atoms. The molecule has 5 rings (SSSR count). The van der Waals surface area contributed by atoms with E-state index in [2.05, 4.69) is 37.0 Å². The number of aromatic nitrogens is 3. The van der Waals surface area contributed by atoms with E-state index in [1.54, 1.807) is 22.8 Å². The van der Waals surface area contributed by atoms with E-state index in [9.17, 15) is 13.6 Å². The minimum atomic E-state index is -1.04. The fraction of sp³-hybridized carbons (Fsp3) is 0.0385. The highest BCUT2D eigenvalue weighted by Gasteiger charge is 2.13. The second kappa shape index (κ2) is 10.5. The molecule has 0 saturated carbocycles. The predicted octanol–water partition coefficient (Wildman–Crippen LogP) is 7.35. The number of hydrogen-bond acceptors (Lipinski definition) is 4. The molecule has 7 nitrogen and oxygen atoms in total. The summed E-state index contributed by atoms with van der Waals surface area (Å²) >= 11 is 9.89. The van der Waals surface area contributed by atoms with Crippen LogP contribution in [0.4, 0.5) is 30.8 Å². The topological polar surface area (TPSA) is 83.3 Å². The molecular weight excluding hydrogens is 566 g/mol. The van der Waals surface area contributed by atoms with Crippen molar-refractivity contribution in [1.82, 2.24) is 14.6 Å². The van der Waals surface area contributed by atoms with Crippen molar-refractivity contribution in [3.8, 4) is 11.3 Å². The van der Waals surface area contributed by atoms with Crippen LogP contribution in [-0.4, -0.2) is 20.6 Å². The van der Waals surface area contributed by atoms with E-state index in [4.69, 9.17) is 16.6 Å². The molecule has 0 saturated heterocycles. The van der Waals surface area contributed by atoms with Gasteiger partial charge in [0.15, 0.2) is 17.3 Å². The number of halogens is 4. The molecule has 11 heteroatoms. The van der Waals surface area contributed by atoms with Crippen molar-refractivity contribution in [3.05, 3.63) is 106 Å². The Bertz CT molecular complexity index is 1610. The van der Waals surface area contributed by atoms with E-state index >= 15 is 0 Å². The van der Waals surface area contributed by atoms with Gasteiger partial charge in [0.25, 0.3) is 0 Å². The Morgan fingerprint density at radius 1 is 0.946 bits per heavy atom. The number of benzene rings is 3. The van der Waals surface area contributed by atoms with Gasteiger partial charge in [0.1, 0.15) is 5.82 Å². The molecule has 0 aliphatic rings. The molecule has 0 bridgehead atoms. The molecule has 5 aromatic rings. The van der Waals surface area contributed by atoms with Crippen molar-refractivity contribution in [2.75, 3.05) is 16.0 Å². The van der Waals surface area contributed by atoms with Crippen molar-refractivity contribution < 1.29 is 13.6 Å². The Labute approximate surface area is 223 Å². The number of urea groups is 1. The first-order valence-corrected chi connectivity index (χ1v) is 12.2. The number of hydrogen-bond donors (Lipinski definition) is 3. The van der Waals surface area contributed by atoms with E-state index in [-0.39, 0.29) is 5.69 Å². The van der Waals surface area contributed by atoms with Gasteiger partial charge in [0.2, 0.25) is 0 Å². The Morgan fingerprint density at radius 3 is 2.43 bits per heavy atom. The van der Waals surface area contributed by atoms with Gasteiger partial charge in [-0.1, -0.05) is 41.9 Å². The van der Waals surface area contributed by atoms with Gasteiger partial charge in [-0.05, 0) is 51.8 Å². The van der Waals surface area contributed by atoms with E-state index in [0.717, 1.165) is 33.6 Å². The summed E-state index contributed by atoms with van der Waals surface area (Å²) in [6.45, 7) is 0.472. The average Bonchev–Trinajstić information content (AvgIpc) is 3.26. The largest absolute Gasteiger partial charge is 0.366 e. The van der Waals surface area contributed by atoms with Crippen LogP contribution in [-0.2, 0) is 6.54 Å². The van der Waals surface area contributed by atoms with Gasteiger partial charge in [-0.3, -0.25) is 0 Å². The first-order valence-electron chi connectivity index (χ1n) is 11.0. The van der Waals surface area contributed by atoms with Crippen LogP contribution in [0.5, 0.6) is 0 Å². The Kier molecular flexibility index (Phi) is 7.02. The van der Waals surface area contributed by atoms with Crippen LogP contribution >= 0.6 is 27.5 Å². The summed E-state index contributed by atoms with van der Waals surface area (Å²) in [5.41, 5.74) is 3.77. The molecule has 3 aromatic carbocycles. The van der Waals surface area contributed by atoms with Gasteiger partial charge in [-0.25, -0.2) is 18.6 Å². The molecule has 0 unspecified atom stereocenters. The van der Waals surface area contributed by atoms with Gasteiger partial charge in [-0.2, -0.15) is 9.61 Å². The number of nitrogens with zero attached hydrogens (tertiary/aromatic N) is 3. The first-order chi connectivity index (χ1) is 17.9. The Hall–Kier alpha value is -4.02. The van der Waals surface area contributed by atoms with Crippen LogP contribution in [0.1, 0.15) is 5.56 Å². The third kappa shape index (κ3) is 5.55. The number of carbonyl (C=O) groups excluding carboxylic acids is 1. The molecule has 0 aliphatic carbocycles. The standard InChI is InChI=1S/C26H18BrClF2N6O/c27-19-14-32-36-24(12-23(35-25(19)36)18-3-1-2-4-20(18)28)31-13-15-5-7-16(8-6-15)33-26(37)34-17-9-10-21(29)22(30)11-17/h1-12,14,31H,13H2,(H2,33,34,37). The number of fused-ring (bicyclic) bond motifs is 1. The fourth-order valence-electron chi connectivity index (χ4n) is 3.63. The normalized spacial score (nSPS) is 10.9. The summed E-state index contributed by atoms with van der Waals surface area (Å²) in [5, 5.41) is 13.5. The predicted molar refractivity (Wildman–Crippen MR) is 144 cm³/mol. The van der Waals surface area contributed by atoms with Gasteiger partial charge < -0.3 is 16.0 Å². The van der Waals surface area contributed by atoms with E-state index < -0.39 is 17.7 Å². The van der Waals surface area contributed by atoms with Gasteiger partial charge in [0.05, 0.1) is 16.4 Å². The zero-order chi connectivity index (χ0) is 25.9. The lowest BCUT2D eigenvalue weighted by molar-refractivity contribution is 0.262. The molecular formula is C26H18BrClF2N6O. The average molecular weight is 584 g/mol. The van der Waals surface area contributed by atoms with Crippen molar-refractivity contribution in [1.29, 1.82) is 0 Å². The van der Waals surface area contributed by atoms with Gasteiger partial charge in [-0.15, -0.1) is 0 Å². The molecule has 2 aromatic heterocycles. The van der Waals surface area contributed by atoms with E-state index in [0.29, 0.717) is 28.6 Å². The molecule has 2 amide bonds. The third-order valence-electron chi connectivity index (χ3n) is 5.44. The first kappa shape index (κ1) is 24.7. The highest BCUT2D eigenvalue weighted by molar-refractivity contribution is 9.10. The number of carbonyl (C=O) groups is 1. The highest BCUT2D eigenvalue weighted by atomic mass is 79.9. The maximum absolute atomic E-state index is 13.3. The summed E-state index contributed by atoms with van der Waals surface area (Å²) in [5.74, 6) is -1.30. The molecule has 0 atom stereocenters. The van der Waals surface area contributed by atoms with Crippen LogP contribution in [0.15, 0.2) is 83.5 Å². The summed E-state index contributed by atoms with van der Waals surface area (Å²) in [4.78, 5) is 16.9. The second-order valence-electron chi connectivity index (χ2n) is 7.99. The van der Waals surface area contributed by atoms with Crippen molar-refractivity contribution in [2.24, 2.45) is 0 Å². The lowest BCUT2D eigenvalue weighted by Gasteiger charge is -2.12. The van der Waals surface area contributed by atoms with E-state index in [1.165, 1.54) is 6.07 Å². The van der Waals surface area contributed by atoms with Crippen LogP contribution in [0.25, 0.3) is 16.9 Å². The minimum absolute atomic E-state index is 0.141. The van der Waals surface area contributed by atoms with Crippen LogP contribution < -0.4 is 16.0 Å². The highest BCUT2D eigenvalue weighted by Crippen LogP contribution is 2.30. The molecule has 0 aliphatic heterocycles. The second-order valence-corrected chi connectivity index (χ2v) is 9.25. The van der Waals surface area contributed by atoms with Crippen molar-refractivity contribution >= 4 is 56.4 Å². The molecule has 0 radical (unpaired) electrons. The summed E-state index contributed by atoms with van der Waals surface area (Å²) in [6, 6.07) is 19.1. The van der Waals surface area contributed by atoms with E-state index in [1.807, 2.05) is 42.5 Å². The van der Waals surface area contributed by atoms with Crippen molar-refractivity contribution in [3.63, 3.8) is 0 Å². The zero-order valence-electron chi connectivity index (χ0n) is 19.0. The molecule has 37 heavy (non-hydrogen) atoms. The third-order valence-corrected chi connectivity index (χ3v) is 6.33. The number of amides is 2. The maximum Gasteiger partial charge on any atom is 0.323 e. The SMILES string of the molecule is O=C(Nc1ccc(CNc2cc(-c3ccccc3Cl)nc3c(Br)cnn23)cc1)Nc1ccc(F)c(F)c1. The zero-order valence-corrected chi connectivity index (χ0v) is 21.3. The van der Waals surface area contributed by atoms with Gasteiger partial charge in [0, 0.05) is 40.6 Å². The number of nitrogens with one attached hydrogen (secondary N) is 3. The molecule has 2 heterocycles. The van der Waals surface area contributed by atoms with Crippen LogP contribution in [0, 0.1) is 11.6 Å². The fourth-order valence-corrected chi connectivity index (χ4v) is 4.22. The Morgan fingerprint density at radius 2 is 1.68 bits per heavy atom.